The van der Waals surface area contributed by atoms with Crippen LogP contribution in [0.15, 0.2) is 54.6 Å². The summed E-state index contributed by atoms with van der Waals surface area (Å²) in [6.07, 6.45) is 0. The maximum atomic E-state index is 12.1. The number of aromatic amines is 1. The van der Waals surface area contributed by atoms with E-state index < -0.39 is 17.9 Å². The molecular formula is C19H19N3O3. The molecule has 1 heterocycles. The molecule has 0 aliphatic rings. The van der Waals surface area contributed by atoms with Crippen molar-refractivity contribution < 1.29 is 14.7 Å². The Labute approximate surface area is 144 Å². The Balaban J connectivity index is 1.67. The molecule has 0 fully saturated rings. The van der Waals surface area contributed by atoms with Crippen LogP contribution in [0.3, 0.4) is 0 Å². The fourth-order valence-electron chi connectivity index (χ4n) is 2.69. The quantitative estimate of drug-likeness (QED) is 0.550. The molecule has 0 radical (unpaired) electrons. The summed E-state index contributed by atoms with van der Waals surface area (Å²) in [6, 6.07) is 15.7. The van der Waals surface area contributed by atoms with Gasteiger partial charge < -0.3 is 20.7 Å². The van der Waals surface area contributed by atoms with Gasteiger partial charge >= 0.3 is 11.8 Å². The minimum Gasteiger partial charge on any atom is -0.394 e. The minimum absolute atomic E-state index is 0.294. The van der Waals surface area contributed by atoms with Crippen LogP contribution >= 0.6 is 0 Å². The summed E-state index contributed by atoms with van der Waals surface area (Å²) in [7, 11) is 0. The molecular weight excluding hydrogens is 318 g/mol. The predicted molar refractivity (Wildman–Crippen MR) is 96.1 cm³/mol. The molecule has 128 valence electrons. The molecule has 1 atom stereocenters. The Hall–Kier alpha value is -3.12. The number of fused-ring (bicyclic) bond motifs is 1. The molecule has 2 aromatic carbocycles. The third-order valence-corrected chi connectivity index (χ3v) is 3.91. The zero-order chi connectivity index (χ0) is 17.8. The lowest BCUT2D eigenvalue weighted by atomic mass is 10.1. The molecule has 1 aromatic heterocycles. The van der Waals surface area contributed by atoms with Crippen molar-refractivity contribution in [1.29, 1.82) is 0 Å². The van der Waals surface area contributed by atoms with E-state index >= 15 is 0 Å². The van der Waals surface area contributed by atoms with Crippen LogP contribution < -0.4 is 10.6 Å². The molecule has 0 aliphatic carbocycles. The average molecular weight is 337 g/mol. The van der Waals surface area contributed by atoms with Crippen LogP contribution in [0.5, 0.6) is 0 Å². The SMILES string of the molecule is Cc1cc2cc(NC(=O)C(=O)N[C@H](CO)c3ccccc3)ccc2[nH]1. The summed E-state index contributed by atoms with van der Waals surface area (Å²) in [4.78, 5) is 27.4. The van der Waals surface area contributed by atoms with Crippen LogP contribution in [0.25, 0.3) is 10.9 Å². The maximum absolute atomic E-state index is 12.1. The van der Waals surface area contributed by atoms with Gasteiger partial charge in [-0.05, 0) is 36.8 Å². The summed E-state index contributed by atoms with van der Waals surface area (Å²) >= 11 is 0. The second-order valence-electron chi connectivity index (χ2n) is 5.83. The molecule has 25 heavy (non-hydrogen) atoms. The molecule has 4 N–H and O–H groups in total. The van der Waals surface area contributed by atoms with E-state index in [4.69, 9.17) is 0 Å². The first-order valence-electron chi connectivity index (χ1n) is 7.94. The zero-order valence-electron chi connectivity index (χ0n) is 13.7. The van der Waals surface area contributed by atoms with Gasteiger partial charge in [0.05, 0.1) is 12.6 Å². The number of hydrogen-bond acceptors (Lipinski definition) is 3. The summed E-state index contributed by atoms with van der Waals surface area (Å²) in [5.74, 6) is -1.57. The number of amides is 2. The molecule has 3 aromatic rings. The number of aryl methyl sites for hydroxylation is 1. The molecule has 0 unspecified atom stereocenters. The minimum atomic E-state index is -0.798. The van der Waals surface area contributed by atoms with Crippen LogP contribution in [0.2, 0.25) is 0 Å². The summed E-state index contributed by atoms with van der Waals surface area (Å²) in [5.41, 5.74) is 3.25. The van der Waals surface area contributed by atoms with E-state index in [0.29, 0.717) is 5.69 Å². The van der Waals surface area contributed by atoms with E-state index in [1.807, 2.05) is 25.1 Å². The van der Waals surface area contributed by atoms with Crippen molar-refractivity contribution in [3.63, 3.8) is 0 Å². The normalized spacial score (nSPS) is 11.9. The lowest BCUT2D eigenvalue weighted by molar-refractivity contribution is -0.136. The van der Waals surface area contributed by atoms with Gasteiger partial charge in [-0.1, -0.05) is 30.3 Å². The van der Waals surface area contributed by atoms with E-state index in [9.17, 15) is 14.7 Å². The molecule has 0 saturated carbocycles. The molecule has 6 heteroatoms. The zero-order valence-corrected chi connectivity index (χ0v) is 13.7. The van der Waals surface area contributed by atoms with E-state index in [0.717, 1.165) is 22.2 Å². The van der Waals surface area contributed by atoms with Crippen molar-refractivity contribution >= 4 is 28.4 Å². The number of carbonyl (C=O) groups is 2. The van der Waals surface area contributed by atoms with Gasteiger partial charge in [0.2, 0.25) is 0 Å². The molecule has 0 saturated heterocycles. The average Bonchev–Trinajstić information content (AvgIpc) is 2.99. The third kappa shape index (κ3) is 3.87. The molecule has 2 amide bonds. The van der Waals surface area contributed by atoms with Gasteiger partial charge in [-0.3, -0.25) is 9.59 Å². The van der Waals surface area contributed by atoms with Crippen molar-refractivity contribution in [3.05, 3.63) is 65.9 Å². The molecule has 6 nitrogen and oxygen atoms in total. The molecule has 0 bridgehead atoms. The Kier molecular flexibility index (Phi) is 4.81. The van der Waals surface area contributed by atoms with Gasteiger partial charge in [0.25, 0.3) is 0 Å². The number of nitrogens with one attached hydrogen (secondary N) is 3. The van der Waals surface area contributed by atoms with Gasteiger partial charge in [0.15, 0.2) is 0 Å². The summed E-state index contributed by atoms with van der Waals surface area (Å²) in [6.45, 7) is 1.65. The lowest BCUT2D eigenvalue weighted by Gasteiger charge is -2.16. The van der Waals surface area contributed by atoms with Crippen molar-refractivity contribution in [3.8, 4) is 0 Å². The molecule has 0 aliphatic heterocycles. The number of H-pyrrole nitrogens is 1. The van der Waals surface area contributed by atoms with Gasteiger partial charge in [0.1, 0.15) is 0 Å². The Bertz CT molecular complexity index is 903. The van der Waals surface area contributed by atoms with Gasteiger partial charge in [-0.15, -0.1) is 0 Å². The number of aromatic nitrogens is 1. The van der Waals surface area contributed by atoms with Gasteiger partial charge in [0, 0.05) is 22.3 Å². The fourth-order valence-corrected chi connectivity index (χ4v) is 2.69. The Morgan fingerprint density at radius 1 is 1.08 bits per heavy atom. The van der Waals surface area contributed by atoms with E-state index in [-0.39, 0.29) is 6.61 Å². The first-order chi connectivity index (χ1) is 12.1. The fraction of sp³-hybridized carbons (Fsp3) is 0.158. The number of rotatable bonds is 4. The highest BCUT2D eigenvalue weighted by Gasteiger charge is 2.19. The number of carbonyl (C=O) groups excluding carboxylic acids is 2. The molecule has 0 spiro atoms. The first kappa shape index (κ1) is 16.7. The standard InChI is InChI=1S/C19H19N3O3/c1-12-9-14-10-15(7-8-16(14)20-12)21-18(24)19(25)22-17(11-23)13-5-3-2-4-6-13/h2-10,17,20,23H,11H2,1H3,(H,21,24)(H,22,25)/t17-/m1/s1. The van der Waals surface area contributed by atoms with Crippen molar-refractivity contribution in [2.75, 3.05) is 11.9 Å². The summed E-state index contributed by atoms with van der Waals surface area (Å²) in [5, 5.41) is 15.5. The molecule has 3 rings (SSSR count). The van der Waals surface area contributed by atoms with Crippen molar-refractivity contribution in [1.82, 2.24) is 10.3 Å². The van der Waals surface area contributed by atoms with E-state index in [1.165, 1.54) is 0 Å². The van der Waals surface area contributed by atoms with Crippen LogP contribution in [-0.4, -0.2) is 28.5 Å². The third-order valence-electron chi connectivity index (χ3n) is 3.91. The second-order valence-corrected chi connectivity index (χ2v) is 5.83. The Morgan fingerprint density at radius 3 is 2.56 bits per heavy atom. The highest BCUT2D eigenvalue weighted by Crippen LogP contribution is 2.20. The van der Waals surface area contributed by atoms with Gasteiger partial charge in [-0.25, -0.2) is 0 Å². The van der Waals surface area contributed by atoms with E-state index in [1.54, 1.807) is 36.4 Å². The maximum Gasteiger partial charge on any atom is 0.313 e. The first-order valence-corrected chi connectivity index (χ1v) is 7.94. The largest absolute Gasteiger partial charge is 0.394 e. The lowest BCUT2D eigenvalue weighted by Crippen LogP contribution is -2.39. The Morgan fingerprint density at radius 2 is 1.84 bits per heavy atom. The predicted octanol–water partition coefficient (Wildman–Crippen LogP) is 2.26. The van der Waals surface area contributed by atoms with Gasteiger partial charge in [-0.2, -0.15) is 0 Å². The number of hydrogen-bond donors (Lipinski definition) is 4. The number of aliphatic hydroxyl groups is 1. The highest BCUT2D eigenvalue weighted by atomic mass is 16.3. The smallest absolute Gasteiger partial charge is 0.313 e. The van der Waals surface area contributed by atoms with Crippen molar-refractivity contribution in [2.24, 2.45) is 0 Å². The monoisotopic (exact) mass is 337 g/mol. The second kappa shape index (κ2) is 7.19. The van der Waals surface area contributed by atoms with Crippen LogP contribution in [0.1, 0.15) is 17.3 Å². The van der Waals surface area contributed by atoms with Crippen LogP contribution in [0.4, 0.5) is 5.69 Å². The highest BCUT2D eigenvalue weighted by molar-refractivity contribution is 6.39. The van der Waals surface area contributed by atoms with Crippen LogP contribution in [-0.2, 0) is 9.59 Å². The summed E-state index contributed by atoms with van der Waals surface area (Å²) < 4.78 is 0. The number of aliphatic hydroxyl groups excluding tert-OH is 1. The van der Waals surface area contributed by atoms with E-state index in [2.05, 4.69) is 15.6 Å². The topological polar surface area (TPSA) is 94.2 Å². The number of benzene rings is 2. The number of anilines is 1. The van der Waals surface area contributed by atoms with Crippen LogP contribution in [0, 0.1) is 6.92 Å². The van der Waals surface area contributed by atoms with Crippen molar-refractivity contribution in [2.45, 2.75) is 13.0 Å².